The van der Waals surface area contributed by atoms with Gasteiger partial charge in [0.15, 0.2) is 5.76 Å². The molecule has 0 spiro atoms. The lowest BCUT2D eigenvalue weighted by atomic mass is 10.4. The molecule has 0 aliphatic carbocycles. The number of hydrogen-bond acceptors (Lipinski definition) is 7. The number of anilines is 1. The predicted octanol–water partition coefficient (Wildman–Crippen LogP) is -0.685. The van der Waals surface area contributed by atoms with Crippen LogP contribution in [-0.4, -0.2) is 15.4 Å². The maximum Gasteiger partial charge on any atom is 0.329 e. The molecule has 2 aromatic heterocycles. The van der Waals surface area contributed by atoms with Gasteiger partial charge in [0.2, 0.25) is 0 Å². The lowest BCUT2D eigenvalue weighted by Gasteiger charge is -2.05. The quantitative estimate of drug-likeness (QED) is 0.545. The summed E-state index contributed by atoms with van der Waals surface area (Å²) in [7, 11) is 0. The summed E-state index contributed by atoms with van der Waals surface area (Å²) in [6.07, 6.45) is 0. The monoisotopic (exact) mass is 198 g/mol. The molecule has 4 N–H and O–H groups in total. The number of nitrogens with zero attached hydrogens (tertiary/aromatic N) is 2. The molecule has 0 saturated carbocycles. The van der Waals surface area contributed by atoms with Gasteiger partial charge < -0.3 is 19.8 Å². The van der Waals surface area contributed by atoms with Gasteiger partial charge in [0.05, 0.1) is 0 Å². The Bertz CT molecular complexity index is 434. The van der Waals surface area contributed by atoms with Crippen LogP contribution in [0.1, 0.15) is 0 Å². The van der Waals surface area contributed by atoms with Crippen molar-refractivity contribution in [2.75, 3.05) is 5.73 Å². The fourth-order valence-corrected chi connectivity index (χ4v) is 0.902. The van der Waals surface area contributed by atoms with Crippen molar-refractivity contribution >= 4 is 11.9 Å². The number of nitrogens with one attached hydrogen (secondary N) is 1. The lowest BCUT2D eigenvalue weighted by molar-refractivity contribution is -0.997. The summed E-state index contributed by atoms with van der Waals surface area (Å²) in [4.78, 5) is 0. The predicted molar refractivity (Wildman–Crippen MR) is 42.2 cm³/mol. The van der Waals surface area contributed by atoms with E-state index in [0.717, 1.165) is 0 Å². The molecule has 0 amide bonds. The standard InChI is InChI=1S/C6H6N4O4/c7-6-9-8-5(14-6)3-1-2-4(13-3)10(11)12/h1-2,10-11H,(H2,7,9). The molecule has 2 rings (SSSR count). The van der Waals surface area contributed by atoms with Crippen LogP contribution in [0.2, 0.25) is 0 Å². The number of hydrogen-bond donors (Lipinski definition) is 3. The molecule has 74 valence electrons. The Labute approximate surface area is 77.1 Å². The molecule has 0 aliphatic heterocycles. The third-order valence-corrected chi connectivity index (χ3v) is 1.47. The number of furan rings is 1. The molecule has 1 unspecified atom stereocenters. The Kier molecular flexibility index (Phi) is 1.93. The third kappa shape index (κ3) is 1.44. The topological polar surface area (TPSA) is 126 Å². The minimum atomic E-state index is -1.16. The van der Waals surface area contributed by atoms with Crippen molar-refractivity contribution in [1.82, 2.24) is 10.2 Å². The average molecular weight is 198 g/mol. The Morgan fingerprint density at radius 3 is 2.64 bits per heavy atom. The van der Waals surface area contributed by atoms with Crippen molar-refractivity contribution in [2.45, 2.75) is 0 Å². The van der Waals surface area contributed by atoms with Crippen LogP contribution < -0.4 is 11.0 Å². The van der Waals surface area contributed by atoms with Crippen LogP contribution in [0.3, 0.4) is 0 Å². The number of rotatable bonds is 2. The Morgan fingerprint density at radius 1 is 1.36 bits per heavy atom. The van der Waals surface area contributed by atoms with E-state index >= 15 is 0 Å². The van der Waals surface area contributed by atoms with E-state index in [1.807, 2.05) is 0 Å². The highest BCUT2D eigenvalue weighted by Crippen LogP contribution is 2.21. The number of quaternary nitrogens is 1. The fourth-order valence-electron chi connectivity index (χ4n) is 0.902. The van der Waals surface area contributed by atoms with Crippen LogP contribution in [0, 0.1) is 5.21 Å². The minimum Gasteiger partial charge on any atom is -0.592 e. The molecular formula is C6H6N4O4. The second-order valence-corrected chi connectivity index (χ2v) is 2.41. The van der Waals surface area contributed by atoms with Gasteiger partial charge in [-0.25, -0.2) is 5.21 Å². The highest BCUT2D eigenvalue weighted by Gasteiger charge is 2.14. The van der Waals surface area contributed by atoms with Crippen LogP contribution in [0.4, 0.5) is 11.9 Å². The summed E-state index contributed by atoms with van der Waals surface area (Å²) in [6.45, 7) is 0. The van der Waals surface area contributed by atoms with Crippen molar-refractivity contribution in [1.29, 1.82) is 0 Å². The molecule has 2 aromatic rings. The zero-order valence-electron chi connectivity index (χ0n) is 6.80. The van der Waals surface area contributed by atoms with Gasteiger partial charge in [-0.3, -0.25) is 0 Å². The summed E-state index contributed by atoms with van der Waals surface area (Å²) >= 11 is 0. The highest BCUT2D eigenvalue weighted by atomic mass is 16.8. The Morgan fingerprint density at radius 2 is 2.14 bits per heavy atom. The van der Waals surface area contributed by atoms with E-state index in [9.17, 15) is 5.21 Å². The number of aromatic nitrogens is 2. The molecule has 1 atom stereocenters. The number of nitrogens with two attached hydrogens (primary N) is 1. The summed E-state index contributed by atoms with van der Waals surface area (Å²) < 4.78 is 9.72. The first-order valence-electron chi connectivity index (χ1n) is 3.59. The smallest absolute Gasteiger partial charge is 0.329 e. The largest absolute Gasteiger partial charge is 0.592 e. The molecule has 0 aromatic carbocycles. The summed E-state index contributed by atoms with van der Waals surface area (Å²) in [6, 6.07) is 2.60. The van der Waals surface area contributed by atoms with Gasteiger partial charge in [-0.2, -0.15) is 5.23 Å². The van der Waals surface area contributed by atoms with Crippen molar-refractivity contribution in [3.8, 4) is 11.7 Å². The fraction of sp³-hybridized carbons (Fsp3) is 0. The minimum absolute atomic E-state index is 0.0509. The van der Waals surface area contributed by atoms with E-state index in [0.29, 0.717) is 0 Å². The highest BCUT2D eigenvalue weighted by molar-refractivity contribution is 5.46. The summed E-state index contributed by atoms with van der Waals surface area (Å²) in [5.41, 5.74) is 5.18. The summed E-state index contributed by atoms with van der Waals surface area (Å²) in [5.74, 6) is 0.0263. The van der Waals surface area contributed by atoms with Crippen molar-refractivity contribution < 1.29 is 19.3 Å². The molecule has 0 bridgehead atoms. The van der Waals surface area contributed by atoms with Crippen LogP contribution in [-0.2, 0) is 0 Å². The van der Waals surface area contributed by atoms with E-state index in [4.69, 9.17) is 19.8 Å². The second-order valence-electron chi connectivity index (χ2n) is 2.41. The lowest BCUT2D eigenvalue weighted by Crippen LogP contribution is -2.99. The molecule has 8 heteroatoms. The van der Waals surface area contributed by atoms with Crippen molar-refractivity contribution in [2.24, 2.45) is 0 Å². The average Bonchev–Trinajstić information content (AvgIpc) is 2.70. The molecule has 0 radical (unpaired) electrons. The van der Waals surface area contributed by atoms with Crippen LogP contribution >= 0.6 is 0 Å². The zero-order valence-corrected chi connectivity index (χ0v) is 6.80. The SMILES string of the molecule is Nc1nnc(-c2ccc([NH+]([O-])O)o2)o1. The van der Waals surface area contributed by atoms with E-state index in [2.05, 4.69) is 10.2 Å². The number of nitrogen functional groups attached to an aromatic ring is 1. The van der Waals surface area contributed by atoms with Crippen molar-refractivity contribution in [3.63, 3.8) is 0 Å². The van der Waals surface area contributed by atoms with Gasteiger partial charge in [-0.05, 0) is 6.07 Å². The Balaban J connectivity index is 2.33. The van der Waals surface area contributed by atoms with E-state index in [-0.39, 0.29) is 23.5 Å². The molecular weight excluding hydrogens is 192 g/mol. The van der Waals surface area contributed by atoms with E-state index in [1.54, 1.807) is 0 Å². The first-order chi connectivity index (χ1) is 6.66. The van der Waals surface area contributed by atoms with Gasteiger partial charge >= 0.3 is 11.9 Å². The Hall–Kier alpha value is -1.90. The molecule has 0 saturated heterocycles. The maximum atomic E-state index is 10.5. The maximum absolute atomic E-state index is 10.5. The molecule has 0 fully saturated rings. The van der Waals surface area contributed by atoms with Gasteiger partial charge in [-0.1, -0.05) is 5.10 Å². The van der Waals surface area contributed by atoms with Gasteiger partial charge in [0, 0.05) is 6.07 Å². The van der Waals surface area contributed by atoms with Gasteiger partial charge in [0.25, 0.3) is 5.89 Å². The summed E-state index contributed by atoms with van der Waals surface area (Å²) in [5, 5.41) is 24.8. The normalized spacial score (nSPS) is 13.0. The molecule has 8 nitrogen and oxygen atoms in total. The first kappa shape index (κ1) is 8.69. The molecule has 0 aliphatic rings. The molecule has 2 heterocycles. The van der Waals surface area contributed by atoms with Crippen LogP contribution in [0.25, 0.3) is 11.7 Å². The van der Waals surface area contributed by atoms with Gasteiger partial charge in [-0.15, -0.1) is 5.10 Å². The first-order valence-corrected chi connectivity index (χ1v) is 3.59. The van der Waals surface area contributed by atoms with E-state index < -0.39 is 5.23 Å². The van der Waals surface area contributed by atoms with E-state index in [1.165, 1.54) is 12.1 Å². The van der Waals surface area contributed by atoms with Crippen LogP contribution in [0.15, 0.2) is 21.0 Å². The van der Waals surface area contributed by atoms with Gasteiger partial charge in [0.1, 0.15) is 0 Å². The van der Waals surface area contributed by atoms with Crippen molar-refractivity contribution in [3.05, 3.63) is 17.3 Å². The zero-order chi connectivity index (χ0) is 10.1. The van der Waals surface area contributed by atoms with Crippen LogP contribution in [0.5, 0.6) is 0 Å². The second kappa shape index (κ2) is 3.10. The molecule has 14 heavy (non-hydrogen) atoms. The third-order valence-electron chi connectivity index (χ3n) is 1.47.